The van der Waals surface area contributed by atoms with Crippen LogP contribution in [0.25, 0.3) is 4.85 Å². The minimum Gasteiger partial charge on any atom is -0.410 e. The number of carbonyl (C=O) groups excluding carboxylic acids is 1. The number of nitrogens with one attached hydrogen (secondary N) is 1. The first kappa shape index (κ1) is 12.9. The van der Waals surface area contributed by atoms with E-state index in [4.69, 9.17) is 22.9 Å². The second-order valence-corrected chi connectivity index (χ2v) is 4.01. The number of benzene rings is 2. The van der Waals surface area contributed by atoms with Gasteiger partial charge < -0.3 is 4.74 Å². The highest BCUT2D eigenvalue weighted by Gasteiger charge is 2.06. The highest BCUT2D eigenvalue weighted by atomic mass is 35.5. The van der Waals surface area contributed by atoms with Crippen molar-refractivity contribution in [1.82, 2.24) is 0 Å². The van der Waals surface area contributed by atoms with E-state index >= 15 is 0 Å². The van der Waals surface area contributed by atoms with Crippen LogP contribution >= 0.6 is 11.6 Å². The van der Waals surface area contributed by atoms with Crippen molar-refractivity contribution in [2.24, 2.45) is 0 Å². The van der Waals surface area contributed by atoms with Crippen LogP contribution in [0.15, 0.2) is 48.5 Å². The van der Waals surface area contributed by atoms with Gasteiger partial charge in [0.2, 0.25) is 5.69 Å². The van der Waals surface area contributed by atoms with Crippen molar-refractivity contribution < 1.29 is 9.53 Å². The summed E-state index contributed by atoms with van der Waals surface area (Å²) in [5, 5.41) is 2.82. The molecule has 0 unspecified atom stereocenters. The zero-order valence-corrected chi connectivity index (χ0v) is 10.5. The molecule has 4 nitrogen and oxygen atoms in total. The molecular formula is C14H9ClN2O2. The predicted octanol–water partition coefficient (Wildman–Crippen LogP) is 4.50. The normalized spacial score (nSPS) is 9.47. The minimum atomic E-state index is -0.613. The smallest absolute Gasteiger partial charge is 0.410 e. The third-order valence-electron chi connectivity index (χ3n) is 2.27. The number of ether oxygens (including phenoxy) is 1. The monoisotopic (exact) mass is 272 g/mol. The molecule has 2 aromatic carbocycles. The summed E-state index contributed by atoms with van der Waals surface area (Å²) < 4.78 is 5.06. The van der Waals surface area contributed by atoms with Gasteiger partial charge in [-0.3, -0.25) is 5.32 Å². The van der Waals surface area contributed by atoms with Crippen LogP contribution in [0.4, 0.5) is 16.2 Å². The Morgan fingerprint density at radius 1 is 1.21 bits per heavy atom. The van der Waals surface area contributed by atoms with E-state index in [1.165, 1.54) is 12.1 Å². The standard InChI is InChI=1S/C14H9ClN2O2/c1-16-13-8-7-10(9-12(13)15)17-14(18)19-11-5-3-2-4-6-11/h2-9H,(H,17,18). The topological polar surface area (TPSA) is 42.7 Å². The first-order chi connectivity index (χ1) is 9.19. The SMILES string of the molecule is [C-]#[N+]c1ccc(NC(=O)Oc2ccccc2)cc1Cl. The summed E-state index contributed by atoms with van der Waals surface area (Å²) in [5.74, 6) is 0.448. The fourth-order valence-electron chi connectivity index (χ4n) is 1.41. The summed E-state index contributed by atoms with van der Waals surface area (Å²) >= 11 is 5.87. The van der Waals surface area contributed by atoms with E-state index in [1.54, 1.807) is 30.3 Å². The van der Waals surface area contributed by atoms with Gasteiger partial charge in [-0.1, -0.05) is 35.9 Å². The second kappa shape index (κ2) is 5.89. The van der Waals surface area contributed by atoms with Gasteiger partial charge in [0.15, 0.2) is 0 Å². The number of amides is 1. The van der Waals surface area contributed by atoms with Crippen LogP contribution in [0.3, 0.4) is 0 Å². The van der Waals surface area contributed by atoms with E-state index < -0.39 is 6.09 Å². The molecule has 2 aromatic rings. The van der Waals surface area contributed by atoms with Gasteiger partial charge in [-0.2, -0.15) is 0 Å². The first-order valence-electron chi connectivity index (χ1n) is 5.40. The zero-order chi connectivity index (χ0) is 13.7. The Kier molecular flexibility index (Phi) is 4.01. The molecule has 0 aliphatic carbocycles. The molecular weight excluding hydrogens is 264 g/mol. The Morgan fingerprint density at radius 3 is 2.58 bits per heavy atom. The van der Waals surface area contributed by atoms with Crippen LogP contribution in [0.5, 0.6) is 5.75 Å². The number of carbonyl (C=O) groups is 1. The lowest BCUT2D eigenvalue weighted by Gasteiger charge is -2.07. The van der Waals surface area contributed by atoms with E-state index in [9.17, 15) is 4.79 Å². The highest BCUT2D eigenvalue weighted by Crippen LogP contribution is 2.27. The minimum absolute atomic E-state index is 0.285. The van der Waals surface area contributed by atoms with Crippen molar-refractivity contribution in [2.75, 3.05) is 5.32 Å². The van der Waals surface area contributed by atoms with E-state index in [0.29, 0.717) is 17.1 Å². The van der Waals surface area contributed by atoms with Crippen LogP contribution in [0.1, 0.15) is 0 Å². The first-order valence-corrected chi connectivity index (χ1v) is 5.78. The van der Waals surface area contributed by atoms with Gasteiger partial charge in [0.1, 0.15) is 5.75 Å². The van der Waals surface area contributed by atoms with Gasteiger partial charge >= 0.3 is 6.09 Å². The molecule has 19 heavy (non-hydrogen) atoms. The van der Waals surface area contributed by atoms with E-state index in [-0.39, 0.29) is 5.02 Å². The summed E-state index contributed by atoms with van der Waals surface area (Å²) in [6.07, 6.45) is -0.613. The van der Waals surface area contributed by atoms with Gasteiger partial charge in [0.05, 0.1) is 6.57 Å². The lowest BCUT2D eigenvalue weighted by molar-refractivity contribution is 0.215. The van der Waals surface area contributed by atoms with Gasteiger partial charge in [-0.25, -0.2) is 9.64 Å². The molecule has 0 heterocycles. The van der Waals surface area contributed by atoms with Crippen LogP contribution in [0, 0.1) is 6.57 Å². The molecule has 5 heteroatoms. The summed E-state index contributed by atoms with van der Waals surface area (Å²) in [6.45, 7) is 6.87. The lowest BCUT2D eigenvalue weighted by atomic mass is 10.3. The quantitative estimate of drug-likeness (QED) is 0.818. The molecule has 94 valence electrons. The maximum atomic E-state index is 11.6. The fraction of sp³-hybridized carbons (Fsp3) is 0. The van der Waals surface area contributed by atoms with E-state index in [2.05, 4.69) is 10.2 Å². The average Bonchev–Trinajstić information content (AvgIpc) is 2.40. The van der Waals surface area contributed by atoms with Crippen molar-refractivity contribution >= 4 is 29.1 Å². The number of nitrogens with zero attached hydrogens (tertiary/aromatic N) is 1. The molecule has 0 aliphatic rings. The number of rotatable bonds is 2. The van der Waals surface area contributed by atoms with Gasteiger partial charge in [0.25, 0.3) is 0 Å². The maximum absolute atomic E-state index is 11.6. The van der Waals surface area contributed by atoms with E-state index in [0.717, 1.165) is 0 Å². The van der Waals surface area contributed by atoms with Gasteiger partial charge in [-0.15, -0.1) is 0 Å². The summed E-state index contributed by atoms with van der Waals surface area (Å²) in [5.41, 5.74) is 0.807. The molecule has 0 fully saturated rings. The van der Waals surface area contributed by atoms with Crippen molar-refractivity contribution in [3.05, 3.63) is 65.0 Å². The molecule has 0 aromatic heterocycles. The largest absolute Gasteiger partial charge is 0.417 e. The molecule has 0 saturated heterocycles. The molecule has 0 radical (unpaired) electrons. The second-order valence-electron chi connectivity index (χ2n) is 3.61. The zero-order valence-electron chi connectivity index (χ0n) is 9.76. The number of hydrogen-bond acceptors (Lipinski definition) is 2. The summed E-state index contributed by atoms with van der Waals surface area (Å²) in [6, 6.07) is 13.3. The highest BCUT2D eigenvalue weighted by molar-refractivity contribution is 6.33. The molecule has 1 N–H and O–H groups in total. The van der Waals surface area contributed by atoms with Crippen molar-refractivity contribution in [3.63, 3.8) is 0 Å². The molecule has 0 saturated carbocycles. The lowest BCUT2D eigenvalue weighted by Crippen LogP contribution is -2.16. The molecule has 0 atom stereocenters. The maximum Gasteiger partial charge on any atom is 0.417 e. The molecule has 0 bridgehead atoms. The van der Waals surface area contributed by atoms with Crippen molar-refractivity contribution in [2.45, 2.75) is 0 Å². The Balaban J connectivity index is 2.04. The molecule has 1 amide bonds. The third kappa shape index (κ3) is 3.47. The van der Waals surface area contributed by atoms with E-state index in [1.807, 2.05) is 6.07 Å². The van der Waals surface area contributed by atoms with Crippen molar-refractivity contribution in [1.29, 1.82) is 0 Å². The average molecular weight is 273 g/mol. The predicted molar refractivity (Wildman–Crippen MR) is 73.8 cm³/mol. The van der Waals surface area contributed by atoms with Crippen molar-refractivity contribution in [3.8, 4) is 5.75 Å². The molecule has 2 rings (SSSR count). The summed E-state index contributed by atoms with van der Waals surface area (Å²) in [7, 11) is 0. The summed E-state index contributed by atoms with van der Waals surface area (Å²) in [4.78, 5) is 14.8. The number of hydrogen-bond donors (Lipinski definition) is 1. The number of para-hydroxylation sites is 1. The van der Waals surface area contributed by atoms with Crippen LogP contribution in [-0.4, -0.2) is 6.09 Å². The van der Waals surface area contributed by atoms with Crippen LogP contribution < -0.4 is 10.1 Å². The fourth-order valence-corrected chi connectivity index (χ4v) is 1.64. The number of halogens is 1. The Hall–Kier alpha value is -2.51. The van der Waals surface area contributed by atoms with Gasteiger partial charge in [-0.05, 0) is 24.3 Å². The number of anilines is 1. The Morgan fingerprint density at radius 2 is 1.95 bits per heavy atom. The molecule has 0 spiro atoms. The van der Waals surface area contributed by atoms with Crippen LogP contribution in [0.2, 0.25) is 5.02 Å². The van der Waals surface area contributed by atoms with Gasteiger partial charge in [0, 0.05) is 10.7 Å². The Bertz CT molecular complexity index is 636. The van der Waals surface area contributed by atoms with Crippen LogP contribution in [-0.2, 0) is 0 Å². The third-order valence-corrected chi connectivity index (χ3v) is 2.57. The molecule has 0 aliphatic heterocycles. The Labute approximate surface area is 115 Å².